The Hall–Kier alpha value is -1.24. The van der Waals surface area contributed by atoms with Gasteiger partial charge in [-0.15, -0.1) is 11.8 Å². The number of aromatic nitrogens is 1. The van der Waals surface area contributed by atoms with Crippen molar-refractivity contribution in [2.75, 3.05) is 11.5 Å². The molecule has 2 aromatic rings. The van der Waals surface area contributed by atoms with Gasteiger partial charge in [-0.05, 0) is 39.9 Å². The number of nitrogens with zero attached hydrogens (tertiary/aromatic N) is 1. The smallest absolute Gasteiger partial charge is 0.253 e. The molecule has 7 heteroatoms. The van der Waals surface area contributed by atoms with Crippen molar-refractivity contribution in [3.63, 3.8) is 0 Å². The number of benzene rings is 1. The number of pyridine rings is 1. The highest BCUT2D eigenvalue weighted by molar-refractivity contribution is 9.10. The fourth-order valence-electron chi connectivity index (χ4n) is 1.87. The molecule has 0 saturated carbocycles. The van der Waals surface area contributed by atoms with Gasteiger partial charge in [-0.1, -0.05) is 24.6 Å². The minimum Gasteiger partial charge on any atom is -0.397 e. The molecule has 0 spiro atoms. The molecule has 0 aliphatic heterocycles. The zero-order chi connectivity index (χ0) is 16.1. The number of carbonyl (C=O) groups is 1. The van der Waals surface area contributed by atoms with E-state index < -0.39 is 0 Å². The number of hydrogen-bond acceptors (Lipinski definition) is 4. The predicted octanol–water partition coefficient (Wildman–Crippen LogP) is 4.12. The summed E-state index contributed by atoms with van der Waals surface area (Å²) in [6.07, 6.45) is 1.61. The Balaban J connectivity index is 2.14. The molecular weight excluding hydrogens is 386 g/mol. The number of nitrogens with one attached hydrogen (secondary N) is 1. The summed E-state index contributed by atoms with van der Waals surface area (Å²) in [5.74, 6) is 0.667. The topological polar surface area (TPSA) is 68.0 Å². The molecule has 1 heterocycles. The number of carbonyl (C=O) groups excluding carboxylic acids is 1. The van der Waals surface area contributed by atoms with E-state index in [1.807, 2.05) is 13.0 Å². The van der Waals surface area contributed by atoms with Gasteiger partial charge < -0.3 is 11.1 Å². The second-order valence-corrected chi connectivity index (χ2v) is 6.98. The molecule has 1 aromatic heterocycles. The minimum absolute atomic E-state index is 0.230. The Morgan fingerprint density at radius 2 is 2.27 bits per heavy atom. The van der Waals surface area contributed by atoms with Gasteiger partial charge in [0.25, 0.3) is 5.91 Å². The van der Waals surface area contributed by atoms with Crippen LogP contribution in [0.5, 0.6) is 0 Å². The van der Waals surface area contributed by atoms with Gasteiger partial charge in [0, 0.05) is 22.8 Å². The van der Waals surface area contributed by atoms with Crippen molar-refractivity contribution in [1.29, 1.82) is 0 Å². The van der Waals surface area contributed by atoms with Crippen LogP contribution >= 0.6 is 39.3 Å². The number of nitrogens with two attached hydrogens (primary N) is 1. The van der Waals surface area contributed by atoms with Crippen LogP contribution in [-0.2, 0) is 6.54 Å². The molecule has 2 rings (SSSR count). The fraction of sp³-hybridized carbons (Fsp3) is 0.200. The van der Waals surface area contributed by atoms with Crippen molar-refractivity contribution in [2.24, 2.45) is 0 Å². The molecule has 3 N–H and O–H groups in total. The zero-order valence-corrected chi connectivity index (χ0v) is 15.1. The minimum atomic E-state index is -0.230. The average molecular weight is 401 g/mol. The standard InChI is InChI=1S/C15H15BrClN3OS/c1-2-22-15-9(6-10(17)8-20-15)7-19-14(21)11-4-3-5-12(16)13(11)18/h3-6,8H,2,7,18H2,1H3,(H,19,21). The second-order valence-electron chi connectivity index (χ2n) is 4.43. The van der Waals surface area contributed by atoms with E-state index in [-0.39, 0.29) is 5.91 Å². The lowest BCUT2D eigenvalue weighted by atomic mass is 10.1. The summed E-state index contributed by atoms with van der Waals surface area (Å²) < 4.78 is 0.701. The summed E-state index contributed by atoms with van der Waals surface area (Å²) in [5, 5.41) is 4.28. The first kappa shape index (κ1) is 17.1. The molecule has 0 unspecified atom stereocenters. The van der Waals surface area contributed by atoms with E-state index >= 15 is 0 Å². The first-order chi connectivity index (χ1) is 10.5. The van der Waals surface area contributed by atoms with Crippen LogP contribution in [0, 0.1) is 0 Å². The number of thioether (sulfide) groups is 1. The monoisotopic (exact) mass is 399 g/mol. The lowest BCUT2D eigenvalue weighted by molar-refractivity contribution is 0.0951. The molecule has 1 aromatic carbocycles. The van der Waals surface area contributed by atoms with Crippen LogP contribution in [0.15, 0.2) is 40.0 Å². The van der Waals surface area contributed by atoms with Crippen LogP contribution in [0.3, 0.4) is 0 Å². The van der Waals surface area contributed by atoms with Gasteiger partial charge in [0.2, 0.25) is 0 Å². The summed E-state index contributed by atoms with van der Waals surface area (Å²) in [7, 11) is 0. The third-order valence-corrected chi connectivity index (χ3v) is 4.74. The summed E-state index contributed by atoms with van der Waals surface area (Å²) in [5.41, 5.74) is 7.66. The third-order valence-electron chi connectivity index (χ3n) is 2.91. The lowest BCUT2D eigenvalue weighted by Gasteiger charge is -2.11. The summed E-state index contributed by atoms with van der Waals surface area (Å²) in [6.45, 7) is 2.40. The lowest BCUT2D eigenvalue weighted by Crippen LogP contribution is -2.24. The first-order valence-corrected chi connectivity index (χ1v) is 8.78. The van der Waals surface area contributed by atoms with Gasteiger partial charge in [0.15, 0.2) is 0 Å². The predicted molar refractivity (Wildman–Crippen MR) is 95.4 cm³/mol. The van der Waals surface area contributed by atoms with Crippen molar-refractivity contribution in [3.8, 4) is 0 Å². The molecule has 0 saturated heterocycles. The fourth-order valence-corrected chi connectivity index (χ4v) is 3.13. The number of amides is 1. The van der Waals surface area contributed by atoms with E-state index in [1.54, 1.807) is 36.2 Å². The molecule has 0 atom stereocenters. The molecule has 0 aliphatic carbocycles. The van der Waals surface area contributed by atoms with E-state index in [0.29, 0.717) is 27.3 Å². The molecule has 0 radical (unpaired) electrons. The number of para-hydroxylation sites is 1. The summed E-state index contributed by atoms with van der Waals surface area (Å²) in [4.78, 5) is 16.6. The van der Waals surface area contributed by atoms with E-state index in [9.17, 15) is 4.79 Å². The summed E-state index contributed by atoms with van der Waals surface area (Å²) in [6, 6.07) is 7.07. The van der Waals surface area contributed by atoms with Crippen molar-refractivity contribution in [2.45, 2.75) is 18.5 Å². The highest BCUT2D eigenvalue weighted by Gasteiger charge is 2.13. The number of halogens is 2. The van der Waals surface area contributed by atoms with Gasteiger partial charge in [0.05, 0.1) is 16.3 Å². The van der Waals surface area contributed by atoms with Crippen molar-refractivity contribution >= 4 is 50.9 Å². The zero-order valence-electron chi connectivity index (χ0n) is 11.9. The van der Waals surface area contributed by atoms with Gasteiger partial charge in [-0.3, -0.25) is 4.79 Å². The number of hydrogen-bond donors (Lipinski definition) is 2. The maximum absolute atomic E-state index is 12.3. The van der Waals surface area contributed by atoms with E-state index in [1.165, 1.54) is 0 Å². The number of rotatable bonds is 5. The maximum Gasteiger partial charge on any atom is 0.253 e. The maximum atomic E-state index is 12.3. The van der Waals surface area contributed by atoms with Crippen molar-refractivity contribution in [3.05, 3.63) is 51.1 Å². The Labute approximate surface area is 147 Å². The summed E-state index contributed by atoms with van der Waals surface area (Å²) >= 11 is 10.9. The molecule has 22 heavy (non-hydrogen) atoms. The highest BCUT2D eigenvalue weighted by Crippen LogP contribution is 2.24. The SMILES string of the molecule is CCSc1ncc(Cl)cc1CNC(=O)c1cccc(Br)c1N. The second kappa shape index (κ2) is 7.85. The largest absolute Gasteiger partial charge is 0.397 e. The Kier molecular flexibility index (Phi) is 6.11. The third kappa shape index (κ3) is 4.15. The van der Waals surface area contributed by atoms with Crippen molar-refractivity contribution < 1.29 is 4.79 Å². The molecule has 0 fully saturated rings. The van der Waals surface area contributed by atoms with E-state index in [2.05, 4.69) is 26.2 Å². The van der Waals surface area contributed by atoms with Gasteiger partial charge in [-0.25, -0.2) is 4.98 Å². The number of nitrogen functional groups attached to an aromatic ring is 1. The molecule has 4 nitrogen and oxygen atoms in total. The first-order valence-electron chi connectivity index (χ1n) is 6.62. The molecule has 0 bridgehead atoms. The van der Waals surface area contributed by atoms with Crippen LogP contribution in [-0.4, -0.2) is 16.6 Å². The highest BCUT2D eigenvalue weighted by atomic mass is 79.9. The average Bonchev–Trinajstić information content (AvgIpc) is 2.50. The van der Waals surface area contributed by atoms with Crippen LogP contribution in [0.25, 0.3) is 0 Å². The van der Waals surface area contributed by atoms with Crippen LogP contribution < -0.4 is 11.1 Å². The molecule has 0 aliphatic rings. The Morgan fingerprint density at radius 3 is 3.00 bits per heavy atom. The normalized spacial score (nSPS) is 10.5. The van der Waals surface area contributed by atoms with Crippen LogP contribution in [0.4, 0.5) is 5.69 Å². The quantitative estimate of drug-likeness (QED) is 0.585. The van der Waals surface area contributed by atoms with Gasteiger partial charge in [0.1, 0.15) is 5.03 Å². The van der Waals surface area contributed by atoms with Gasteiger partial charge >= 0.3 is 0 Å². The van der Waals surface area contributed by atoms with E-state index in [4.69, 9.17) is 17.3 Å². The Morgan fingerprint density at radius 1 is 1.50 bits per heavy atom. The molecule has 1 amide bonds. The molecular formula is C15H15BrClN3OS. The number of anilines is 1. The van der Waals surface area contributed by atoms with Crippen molar-refractivity contribution in [1.82, 2.24) is 10.3 Å². The molecule has 116 valence electrons. The van der Waals surface area contributed by atoms with Gasteiger partial charge in [-0.2, -0.15) is 0 Å². The van der Waals surface area contributed by atoms with Crippen LogP contribution in [0.2, 0.25) is 5.02 Å². The van der Waals surface area contributed by atoms with E-state index in [0.717, 1.165) is 16.3 Å². The Bertz CT molecular complexity index is 696. The van der Waals surface area contributed by atoms with Crippen LogP contribution in [0.1, 0.15) is 22.8 Å².